The summed E-state index contributed by atoms with van der Waals surface area (Å²) < 4.78 is 28.2. The van der Waals surface area contributed by atoms with Crippen LogP contribution in [-0.4, -0.2) is 14.5 Å². The van der Waals surface area contributed by atoms with Gasteiger partial charge in [-0.3, -0.25) is 0 Å². The molecule has 21 heavy (non-hydrogen) atoms. The number of sulfonamides is 1. The molecule has 3 nitrogen and oxygen atoms in total. The molecule has 2 fully saturated rings. The van der Waals surface area contributed by atoms with Crippen molar-refractivity contribution in [2.75, 3.05) is 0 Å². The minimum atomic E-state index is -3.41. The maximum atomic E-state index is 12.6. The highest BCUT2D eigenvalue weighted by Crippen LogP contribution is 2.49. The normalized spacial score (nSPS) is 29.8. The second-order valence-corrected chi connectivity index (χ2v) is 8.70. The van der Waals surface area contributed by atoms with E-state index in [1.807, 2.05) is 32.9 Å². The van der Waals surface area contributed by atoms with Gasteiger partial charge < -0.3 is 0 Å². The molecular weight excluding hydrogens is 282 g/mol. The van der Waals surface area contributed by atoms with Crippen LogP contribution in [0.3, 0.4) is 0 Å². The molecular formula is C17H25NO2S. The lowest BCUT2D eigenvalue weighted by atomic mass is 9.84. The Kier molecular flexibility index (Phi) is 3.87. The molecule has 1 N–H and O–H groups in total. The molecule has 4 heteroatoms. The quantitative estimate of drug-likeness (QED) is 0.926. The van der Waals surface area contributed by atoms with Crippen molar-refractivity contribution in [3.63, 3.8) is 0 Å². The van der Waals surface area contributed by atoms with Crippen molar-refractivity contribution in [3.05, 3.63) is 29.3 Å². The van der Waals surface area contributed by atoms with Crippen LogP contribution in [-0.2, 0) is 10.0 Å². The van der Waals surface area contributed by atoms with Gasteiger partial charge in [0.15, 0.2) is 0 Å². The molecule has 2 aliphatic carbocycles. The van der Waals surface area contributed by atoms with Gasteiger partial charge in [-0.15, -0.1) is 0 Å². The fourth-order valence-corrected chi connectivity index (χ4v) is 5.92. The SMILES string of the molecule is Cc1ccc(S(=O)(=O)NC(C)C2CC3CCC2C3)c(C)c1. The number of hydrogen-bond donors (Lipinski definition) is 1. The zero-order chi connectivity index (χ0) is 15.2. The first-order valence-electron chi connectivity index (χ1n) is 7.96. The lowest BCUT2D eigenvalue weighted by Gasteiger charge is -2.28. The molecule has 0 spiro atoms. The standard InChI is InChI=1S/C17H25NO2S/c1-11-4-7-17(12(2)8-11)21(19,20)18-13(3)16-10-14-5-6-15(16)9-14/h4,7-8,13-16,18H,5-6,9-10H2,1-3H3. The maximum absolute atomic E-state index is 12.6. The Bertz CT molecular complexity index is 638. The summed E-state index contributed by atoms with van der Waals surface area (Å²) in [5.74, 6) is 2.09. The maximum Gasteiger partial charge on any atom is 0.241 e. The van der Waals surface area contributed by atoms with Crippen LogP contribution in [0, 0.1) is 31.6 Å². The number of benzene rings is 1. The molecule has 2 bridgehead atoms. The third-order valence-electron chi connectivity index (χ3n) is 5.40. The number of nitrogens with one attached hydrogen (secondary N) is 1. The van der Waals surface area contributed by atoms with E-state index in [4.69, 9.17) is 0 Å². The molecule has 4 unspecified atom stereocenters. The molecule has 1 aromatic rings. The first-order valence-corrected chi connectivity index (χ1v) is 9.44. The Hall–Kier alpha value is -0.870. The minimum Gasteiger partial charge on any atom is -0.208 e. The molecule has 0 radical (unpaired) electrons. The van der Waals surface area contributed by atoms with E-state index in [0.717, 1.165) is 23.0 Å². The zero-order valence-electron chi connectivity index (χ0n) is 13.1. The number of fused-ring (bicyclic) bond motifs is 2. The van der Waals surface area contributed by atoms with Crippen LogP contribution in [0.15, 0.2) is 23.1 Å². The van der Waals surface area contributed by atoms with Crippen molar-refractivity contribution in [3.8, 4) is 0 Å². The molecule has 0 aliphatic heterocycles. The Morgan fingerprint density at radius 3 is 2.52 bits per heavy atom. The average molecular weight is 307 g/mol. The summed E-state index contributed by atoms with van der Waals surface area (Å²) in [6.45, 7) is 5.88. The van der Waals surface area contributed by atoms with E-state index in [1.165, 1.54) is 25.7 Å². The summed E-state index contributed by atoms with van der Waals surface area (Å²) >= 11 is 0. The predicted octanol–water partition coefficient (Wildman–Crippen LogP) is 3.41. The Morgan fingerprint density at radius 2 is 1.95 bits per heavy atom. The summed E-state index contributed by atoms with van der Waals surface area (Å²) in [4.78, 5) is 0.420. The van der Waals surface area contributed by atoms with Gasteiger partial charge in [0, 0.05) is 6.04 Å². The monoisotopic (exact) mass is 307 g/mol. The smallest absolute Gasteiger partial charge is 0.208 e. The molecule has 4 atom stereocenters. The van der Waals surface area contributed by atoms with Crippen molar-refractivity contribution in [1.29, 1.82) is 0 Å². The molecule has 2 saturated carbocycles. The molecule has 0 saturated heterocycles. The van der Waals surface area contributed by atoms with Crippen LogP contribution >= 0.6 is 0 Å². The summed E-state index contributed by atoms with van der Waals surface area (Å²) in [6.07, 6.45) is 5.13. The highest BCUT2D eigenvalue weighted by atomic mass is 32.2. The van der Waals surface area contributed by atoms with Gasteiger partial charge in [-0.25, -0.2) is 13.1 Å². The van der Waals surface area contributed by atoms with E-state index in [2.05, 4.69) is 4.72 Å². The van der Waals surface area contributed by atoms with Crippen LogP contribution in [0.2, 0.25) is 0 Å². The van der Waals surface area contributed by atoms with Gasteiger partial charge >= 0.3 is 0 Å². The van der Waals surface area contributed by atoms with Crippen molar-refractivity contribution in [2.24, 2.45) is 17.8 Å². The molecule has 116 valence electrons. The highest BCUT2D eigenvalue weighted by Gasteiger charge is 2.42. The van der Waals surface area contributed by atoms with Crippen LogP contribution < -0.4 is 4.72 Å². The van der Waals surface area contributed by atoms with Crippen LogP contribution in [0.1, 0.15) is 43.7 Å². The molecule has 0 aromatic heterocycles. The van der Waals surface area contributed by atoms with E-state index >= 15 is 0 Å². The van der Waals surface area contributed by atoms with E-state index in [0.29, 0.717) is 10.8 Å². The van der Waals surface area contributed by atoms with Crippen molar-refractivity contribution in [1.82, 2.24) is 4.72 Å². The first-order chi connectivity index (χ1) is 9.87. The predicted molar refractivity (Wildman–Crippen MR) is 84.6 cm³/mol. The van der Waals surface area contributed by atoms with Gasteiger partial charge in [-0.05, 0) is 69.4 Å². The lowest BCUT2D eigenvalue weighted by Crippen LogP contribution is -2.40. The van der Waals surface area contributed by atoms with Crippen molar-refractivity contribution in [2.45, 2.75) is 57.4 Å². The second kappa shape index (κ2) is 5.40. The molecule has 1 aromatic carbocycles. The van der Waals surface area contributed by atoms with E-state index in [-0.39, 0.29) is 6.04 Å². The van der Waals surface area contributed by atoms with E-state index in [9.17, 15) is 8.42 Å². The third-order valence-corrected chi connectivity index (χ3v) is 7.12. The summed E-state index contributed by atoms with van der Waals surface area (Å²) in [5, 5.41) is 0. The largest absolute Gasteiger partial charge is 0.241 e. The van der Waals surface area contributed by atoms with E-state index < -0.39 is 10.0 Å². The molecule has 0 heterocycles. The van der Waals surface area contributed by atoms with Crippen molar-refractivity contribution < 1.29 is 8.42 Å². The average Bonchev–Trinajstić information content (AvgIpc) is 2.99. The summed E-state index contributed by atoms with van der Waals surface area (Å²) in [6, 6.07) is 5.55. The Morgan fingerprint density at radius 1 is 1.19 bits per heavy atom. The van der Waals surface area contributed by atoms with Gasteiger partial charge in [-0.2, -0.15) is 0 Å². The minimum absolute atomic E-state index is 0.0333. The van der Waals surface area contributed by atoms with Crippen LogP contribution in [0.5, 0.6) is 0 Å². The topological polar surface area (TPSA) is 46.2 Å². The molecule has 3 rings (SSSR count). The van der Waals surface area contributed by atoms with Gasteiger partial charge in [0.1, 0.15) is 0 Å². The van der Waals surface area contributed by atoms with Crippen LogP contribution in [0.25, 0.3) is 0 Å². The molecule has 2 aliphatic rings. The molecule has 0 amide bonds. The van der Waals surface area contributed by atoms with Gasteiger partial charge in [0.05, 0.1) is 4.90 Å². The summed E-state index contributed by atoms with van der Waals surface area (Å²) in [7, 11) is -3.41. The first kappa shape index (κ1) is 15.0. The number of hydrogen-bond acceptors (Lipinski definition) is 2. The Balaban J connectivity index is 1.76. The second-order valence-electron chi connectivity index (χ2n) is 7.02. The number of aryl methyl sites for hydroxylation is 2. The fraction of sp³-hybridized carbons (Fsp3) is 0.647. The zero-order valence-corrected chi connectivity index (χ0v) is 13.9. The van der Waals surface area contributed by atoms with E-state index in [1.54, 1.807) is 6.07 Å². The van der Waals surface area contributed by atoms with Crippen LogP contribution in [0.4, 0.5) is 0 Å². The Labute approximate surface area is 128 Å². The third kappa shape index (κ3) is 2.88. The fourth-order valence-electron chi connectivity index (χ4n) is 4.40. The lowest BCUT2D eigenvalue weighted by molar-refractivity contribution is 0.280. The number of rotatable bonds is 4. The highest BCUT2D eigenvalue weighted by molar-refractivity contribution is 7.89. The van der Waals surface area contributed by atoms with Gasteiger partial charge in [0.2, 0.25) is 10.0 Å². The van der Waals surface area contributed by atoms with Crippen molar-refractivity contribution >= 4 is 10.0 Å². The van der Waals surface area contributed by atoms with Gasteiger partial charge in [-0.1, -0.05) is 24.1 Å². The van der Waals surface area contributed by atoms with Gasteiger partial charge in [0.25, 0.3) is 0 Å². The summed E-state index contributed by atoms with van der Waals surface area (Å²) in [5.41, 5.74) is 1.91.